The highest BCUT2D eigenvalue weighted by Gasteiger charge is 2.13. The molecule has 23 heavy (non-hydrogen) atoms. The topological polar surface area (TPSA) is 81.3 Å². The number of para-hydroxylation sites is 1. The first-order valence-corrected chi connectivity index (χ1v) is 7.33. The highest BCUT2D eigenvalue weighted by molar-refractivity contribution is 5.83. The van der Waals surface area contributed by atoms with Crippen molar-refractivity contribution < 1.29 is 9.84 Å². The molecule has 3 aromatic rings. The van der Waals surface area contributed by atoms with Gasteiger partial charge >= 0.3 is 0 Å². The van der Waals surface area contributed by atoms with E-state index in [1.54, 1.807) is 24.4 Å². The fourth-order valence-corrected chi connectivity index (χ4v) is 2.38. The van der Waals surface area contributed by atoms with Crippen molar-refractivity contribution in [1.82, 2.24) is 9.97 Å². The second-order valence-electron chi connectivity index (χ2n) is 4.97. The van der Waals surface area contributed by atoms with Crippen molar-refractivity contribution in [3.05, 3.63) is 54.7 Å². The zero-order chi connectivity index (χ0) is 16.2. The van der Waals surface area contributed by atoms with Crippen molar-refractivity contribution in [3.8, 4) is 33.9 Å². The molecule has 0 saturated carbocycles. The minimum atomic E-state index is 0.151. The highest BCUT2D eigenvalue weighted by Crippen LogP contribution is 2.35. The molecule has 0 aliphatic carbocycles. The molecule has 1 aromatic heterocycles. The standard InChI is InChI=1S/C18H17N3O2/c1-2-23-13-9-7-12(8-10-13)15-11-20-18(19)21-17(15)14-5-3-4-6-16(14)22/h3-11,22H,2H2,1H3,(H2,19,20,21). The number of nitrogens with zero attached hydrogens (tertiary/aromatic N) is 2. The molecule has 5 heteroatoms. The van der Waals surface area contributed by atoms with Crippen molar-refractivity contribution >= 4 is 5.95 Å². The van der Waals surface area contributed by atoms with E-state index in [-0.39, 0.29) is 11.7 Å². The molecule has 0 atom stereocenters. The van der Waals surface area contributed by atoms with E-state index in [1.165, 1.54) is 0 Å². The number of hydrogen-bond donors (Lipinski definition) is 2. The maximum atomic E-state index is 10.1. The number of nitrogens with two attached hydrogens (primary N) is 1. The largest absolute Gasteiger partial charge is 0.507 e. The number of nitrogen functional groups attached to an aromatic ring is 1. The predicted octanol–water partition coefficient (Wildman–Crippen LogP) is 3.50. The Bertz CT molecular complexity index is 817. The molecule has 116 valence electrons. The van der Waals surface area contributed by atoms with Crippen molar-refractivity contribution in [2.45, 2.75) is 6.92 Å². The van der Waals surface area contributed by atoms with Gasteiger partial charge in [0.1, 0.15) is 11.5 Å². The van der Waals surface area contributed by atoms with E-state index in [1.807, 2.05) is 37.3 Å². The van der Waals surface area contributed by atoms with E-state index in [0.717, 1.165) is 16.9 Å². The van der Waals surface area contributed by atoms with Gasteiger partial charge in [-0.2, -0.15) is 0 Å². The van der Waals surface area contributed by atoms with Crippen LogP contribution in [0.25, 0.3) is 22.4 Å². The summed E-state index contributed by atoms with van der Waals surface area (Å²) in [6, 6.07) is 14.7. The van der Waals surface area contributed by atoms with Crippen molar-refractivity contribution in [2.75, 3.05) is 12.3 Å². The first-order chi connectivity index (χ1) is 11.2. The molecule has 0 spiro atoms. The molecule has 0 bridgehead atoms. The Morgan fingerprint density at radius 2 is 1.78 bits per heavy atom. The number of phenols is 1. The lowest BCUT2D eigenvalue weighted by atomic mass is 10.00. The molecular weight excluding hydrogens is 290 g/mol. The van der Waals surface area contributed by atoms with E-state index in [0.29, 0.717) is 17.9 Å². The predicted molar refractivity (Wildman–Crippen MR) is 90.2 cm³/mol. The Morgan fingerprint density at radius 1 is 1.04 bits per heavy atom. The quantitative estimate of drug-likeness (QED) is 0.771. The second kappa shape index (κ2) is 6.36. The molecule has 3 N–H and O–H groups in total. The van der Waals surface area contributed by atoms with Gasteiger partial charge in [-0.15, -0.1) is 0 Å². The van der Waals surface area contributed by atoms with Gasteiger partial charge in [0.05, 0.1) is 12.3 Å². The van der Waals surface area contributed by atoms with Crippen molar-refractivity contribution in [3.63, 3.8) is 0 Å². The highest BCUT2D eigenvalue weighted by atomic mass is 16.5. The lowest BCUT2D eigenvalue weighted by molar-refractivity contribution is 0.340. The molecule has 0 saturated heterocycles. The molecule has 1 heterocycles. The zero-order valence-electron chi connectivity index (χ0n) is 12.7. The van der Waals surface area contributed by atoms with Gasteiger partial charge in [-0.1, -0.05) is 24.3 Å². The number of anilines is 1. The third-order valence-electron chi connectivity index (χ3n) is 3.44. The summed E-state index contributed by atoms with van der Waals surface area (Å²) >= 11 is 0. The number of aromatic hydroxyl groups is 1. The van der Waals surface area contributed by atoms with Crippen molar-refractivity contribution in [2.24, 2.45) is 0 Å². The summed E-state index contributed by atoms with van der Waals surface area (Å²) in [7, 11) is 0. The lowest BCUT2D eigenvalue weighted by Gasteiger charge is -2.11. The van der Waals surface area contributed by atoms with Gasteiger partial charge in [0, 0.05) is 17.3 Å². The Kier molecular flexibility index (Phi) is 4.10. The fraction of sp³-hybridized carbons (Fsp3) is 0.111. The molecule has 0 fully saturated rings. The number of rotatable bonds is 4. The molecule has 0 amide bonds. The van der Waals surface area contributed by atoms with Crippen LogP contribution in [0.5, 0.6) is 11.5 Å². The van der Waals surface area contributed by atoms with Crippen LogP contribution in [0.1, 0.15) is 6.92 Å². The number of ether oxygens (including phenoxy) is 1. The van der Waals surface area contributed by atoms with Crippen LogP contribution >= 0.6 is 0 Å². The first kappa shape index (κ1) is 14.8. The van der Waals surface area contributed by atoms with Crippen LogP contribution < -0.4 is 10.5 Å². The maximum Gasteiger partial charge on any atom is 0.220 e. The second-order valence-corrected chi connectivity index (χ2v) is 4.97. The smallest absolute Gasteiger partial charge is 0.220 e. The molecule has 0 aliphatic rings. The average Bonchev–Trinajstić information content (AvgIpc) is 2.56. The Hall–Kier alpha value is -3.08. The summed E-state index contributed by atoms with van der Waals surface area (Å²) in [6.45, 7) is 2.56. The van der Waals surface area contributed by atoms with Gasteiger partial charge in [0.2, 0.25) is 5.95 Å². The van der Waals surface area contributed by atoms with E-state index in [9.17, 15) is 5.11 Å². The summed E-state index contributed by atoms with van der Waals surface area (Å²) in [4.78, 5) is 8.40. The van der Waals surface area contributed by atoms with Crippen LogP contribution in [-0.4, -0.2) is 21.7 Å². The normalized spacial score (nSPS) is 10.5. The Labute approximate surface area is 134 Å². The summed E-state index contributed by atoms with van der Waals surface area (Å²) < 4.78 is 5.46. The molecule has 0 radical (unpaired) electrons. The van der Waals surface area contributed by atoms with Gasteiger partial charge < -0.3 is 15.6 Å². The van der Waals surface area contributed by atoms with Gasteiger partial charge in [0.15, 0.2) is 0 Å². The zero-order valence-corrected chi connectivity index (χ0v) is 12.7. The van der Waals surface area contributed by atoms with Crippen LogP contribution in [0.3, 0.4) is 0 Å². The third-order valence-corrected chi connectivity index (χ3v) is 3.44. The SMILES string of the molecule is CCOc1ccc(-c2cnc(N)nc2-c2ccccc2O)cc1. The number of phenolic OH excluding ortho intramolecular Hbond substituents is 1. The summed E-state index contributed by atoms with van der Waals surface area (Å²) in [5.41, 5.74) is 8.66. The van der Waals surface area contributed by atoms with E-state index >= 15 is 0 Å². The molecular formula is C18H17N3O2. The Morgan fingerprint density at radius 3 is 2.48 bits per heavy atom. The van der Waals surface area contributed by atoms with Gasteiger partial charge in [-0.05, 0) is 36.8 Å². The van der Waals surface area contributed by atoms with Crippen molar-refractivity contribution in [1.29, 1.82) is 0 Å². The van der Waals surface area contributed by atoms with Gasteiger partial charge in [0.25, 0.3) is 0 Å². The average molecular weight is 307 g/mol. The van der Waals surface area contributed by atoms with Crippen LogP contribution in [0.15, 0.2) is 54.7 Å². The maximum absolute atomic E-state index is 10.1. The fourth-order valence-electron chi connectivity index (χ4n) is 2.38. The molecule has 5 nitrogen and oxygen atoms in total. The summed E-state index contributed by atoms with van der Waals surface area (Å²) in [5, 5.41) is 10.1. The minimum absolute atomic E-state index is 0.151. The summed E-state index contributed by atoms with van der Waals surface area (Å²) in [5.74, 6) is 1.12. The van der Waals surface area contributed by atoms with Crippen LogP contribution in [-0.2, 0) is 0 Å². The number of aromatic nitrogens is 2. The van der Waals surface area contributed by atoms with Crippen LogP contribution in [0.2, 0.25) is 0 Å². The number of benzene rings is 2. The van der Waals surface area contributed by atoms with Crippen LogP contribution in [0.4, 0.5) is 5.95 Å². The molecule has 2 aromatic carbocycles. The minimum Gasteiger partial charge on any atom is -0.507 e. The molecule has 0 unspecified atom stereocenters. The van der Waals surface area contributed by atoms with E-state index < -0.39 is 0 Å². The third kappa shape index (κ3) is 3.08. The molecule has 0 aliphatic heterocycles. The Balaban J connectivity index is 2.11. The van der Waals surface area contributed by atoms with Gasteiger partial charge in [-0.3, -0.25) is 0 Å². The van der Waals surface area contributed by atoms with Gasteiger partial charge in [-0.25, -0.2) is 9.97 Å². The monoisotopic (exact) mass is 307 g/mol. The number of hydrogen-bond acceptors (Lipinski definition) is 5. The first-order valence-electron chi connectivity index (χ1n) is 7.33. The molecule has 3 rings (SSSR count). The van der Waals surface area contributed by atoms with E-state index in [2.05, 4.69) is 9.97 Å². The van der Waals surface area contributed by atoms with Crippen LogP contribution in [0, 0.1) is 0 Å². The van der Waals surface area contributed by atoms with E-state index in [4.69, 9.17) is 10.5 Å². The summed E-state index contributed by atoms with van der Waals surface area (Å²) in [6.07, 6.45) is 1.67. The lowest BCUT2D eigenvalue weighted by Crippen LogP contribution is -1.99.